The van der Waals surface area contributed by atoms with Crippen LogP contribution < -0.4 is 5.48 Å². The molecule has 3 aromatic carbocycles. The maximum Gasteiger partial charge on any atom is 0.267 e. The normalized spacial score (nSPS) is 12.1. The topological polar surface area (TPSA) is 67.2 Å². The summed E-state index contributed by atoms with van der Waals surface area (Å²) < 4.78 is 2.32. The molecular formula is C28H27N3O2. The van der Waals surface area contributed by atoms with E-state index >= 15 is 0 Å². The summed E-state index contributed by atoms with van der Waals surface area (Å²) in [5, 5.41) is 8.74. The first kappa shape index (κ1) is 22.2. The number of imidazole rings is 1. The number of carbonyl (C=O) groups excluding carboxylic acids is 1. The number of hydrogen-bond acceptors (Lipinski definition) is 3. The third-order valence-corrected chi connectivity index (χ3v) is 5.78. The van der Waals surface area contributed by atoms with E-state index in [4.69, 9.17) is 10.2 Å². The van der Waals surface area contributed by atoms with E-state index in [1.54, 1.807) is 11.6 Å². The molecule has 0 fully saturated rings. The lowest BCUT2D eigenvalue weighted by atomic mass is 10.0. The largest absolute Gasteiger partial charge is 0.320 e. The molecule has 0 aliphatic rings. The molecule has 166 valence electrons. The molecule has 0 saturated carbocycles. The number of hydroxylamine groups is 1. The first-order valence-electron chi connectivity index (χ1n) is 11.0. The van der Waals surface area contributed by atoms with E-state index in [9.17, 15) is 4.79 Å². The van der Waals surface area contributed by atoms with Crippen molar-refractivity contribution in [1.82, 2.24) is 15.0 Å². The molecule has 0 spiro atoms. The summed E-state index contributed by atoms with van der Waals surface area (Å²) in [5.41, 5.74) is 8.04. The van der Waals surface area contributed by atoms with Crippen molar-refractivity contribution in [2.45, 2.75) is 26.3 Å². The van der Waals surface area contributed by atoms with Crippen LogP contribution in [0.25, 0.3) is 17.5 Å². The molecule has 1 unspecified atom stereocenters. The van der Waals surface area contributed by atoms with Crippen LogP contribution in [0, 0.1) is 6.92 Å². The number of amides is 1. The molecule has 0 radical (unpaired) electrons. The van der Waals surface area contributed by atoms with Crippen molar-refractivity contribution >= 4 is 12.0 Å². The Labute approximate surface area is 194 Å². The summed E-state index contributed by atoms with van der Waals surface area (Å²) in [6, 6.07) is 28.8. The average Bonchev–Trinajstić information content (AvgIpc) is 3.19. The summed E-state index contributed by atoms with van der Waals surface area (Å²) in [7, 11) is 0. The minimum Gasteiger partial charge on any atom is -0.320 e. The average molecular weight is 438 g/mol. The fraction of sp³-hybridized carbons (Fsp3) is 0.143. The molecule has 1 atom stereocenters. The quantitative estimate of drug-likeness (QED) is 0.225. The summed E-state index contributed by atoms with van der Waals surface area (Å²) in [6.07, 6.45) is 3.75. The van der Waals surface area contributed by atoms with Crippen LogP contribution in [0.1, 0.15) is 41.0 Å². The summed E-state index contributed by atoms with van der Waals surface area (Å²) in [4.78, 5) is 16.4. The minimum atomic E-state index is -0.569. The van der Waals surface area contributed by atoms with Gasteiger partial charge in [0.1, 0.15) is 5.82 Å². The highest BCUT2D eigenvalue weighted by Gasteiger charge is 2.21. The molecule has 0 saturated heterocycles. The Morgan fingerprint density at radius 2 is 1.73 bits per heavy atom. The van der Waals surface area contributed by atoms with Crippen molar-refractivity contribution in [1.29, 1.82) is 0 Å². The van der Waals surface area contributed by atoms with Crippen molar-refractivity contribution in [3.05, 3.63) is 119 Å². The predicted octanol–water partition coefficient (Wildman–Crippen LogP) is 5.58. The number of carbonyl (C=O) groups is 1. The van der Waals surface area contributed by atoms with Crippen LogP contribution in [0.3, 0.4) is 0 Å². The third-order valence-electron chi connectivity index (χ3n) is 5.78. The third kappa shape index (κ3) is 5.10. The molecule has 1 amide bonds. The Bertz CT molecular complexity index is 1260. The van der Waals surface area contributed by atoms with Crippen molar-refractivity contribution in [2.24, 2.45) is 0 Å². The van der Waals surface area contributed by atoms with Gasteiger partial charge in [-0.1, -0.05) is 78.9 Å². The Balaban J connectivity index is 1.82. The molecule has 1 heterocycles. The van der Waals surface area contributed by atoms with E-state index in [2.05, 4.69) is 66.9 Å². The Morgan fingerprint density at radius 3 is 2.42 bits per heavy atom. The molecule has 4 aromatic rings. The standard InChI is InChI=1S/C28H27N3O2/c1-20-26(19-22-10-5-3-6-11-22)31(21(2)24-13-7-4-8-14-24)28(29-20)25-15-9-12-23(18-25)16-17-27(32)30-33/h3-18,21,33H,19H2,1-2H3,(H,30,32)/b17-16+. The van der Waals surface area contributed by atoms with Gasteiger partial charge < -0.3 is 4.57 Å². The minimum absolute atomic E-state index is 0.0838. The van der Waals surface area contributed by atoms with Gasteiger partial charge in [-0.2, -0.15) is 0 Å². The summed E-state index contributed by atoms with van der Waals surface area (Å²) in [6.45, 7) is 4.26. The van der Waals surface area contributed by atoms with E-state index in [0.717, 1.165) is 29.1 Å². The van der Waals surface area contributed by atoms with Crippen LogP contribution in [0.4, 0.5) is 0 Å². The maximum atomic E-state index is 11.4. The van der Waals surface area contributed by atoms with Crippen molar-refractivity contribution in [3.63, 3.8) is 0 Å². The Hall–Kier alpha value is -3.96. The molecule has 5 nitrogen and oxygen atoms in total. The second-order valence-electron chi connectivity index (χ2n) is 8.02. The van der Waals surface area contributed by atoms with Gasteiger partial charge in [0.25, 0.3) is 5.91 Å². The molecule has 0 aliphatic carbocycles. The molecule has 0 aliphatic heterocycles. The zero-order valence-electron chi connectivity index (χ0n) is 18.8. The lowest BCUT2D eigenvalue weighted by molar-refractivity contribution is -0.124. The van der Waals surface area contributed by atoms with Gasteiger partial charge in [-0.15, -0.1) is 0 Å². The number of benzene rings is 3. The second kappa shape index (κ2) is 10.1. The van der Waals surface area contributed by atoms with E-state index in [1.165, 1.54) is 22.9 Å². The van der Waals surface area contributed by atoms with Gasteiger partial charge in [-0.05, 0) is 42.7 Å². The van der Waals surface area contributed by atoms with Gasteiger partial charge in [0, 0.05) is 23.8 Å². The maximum absolute atomic E-state index is 11.4. The number of aromatic nitrogens is 2. The molecule has 1 aromatic heterocycles. The van der Waals surface area contributed by atoms with Gasteiger partial charge in [-0.3, -0.25) is 10.0 Å². The number of nitrogens with zero attached hydrogens (tertiary/aromatic N) is 2. The van der Waals surface area contributed by atoms with Crippen molar-refractivity contribution < 1.29 is 10.0 Å². The fourth-order valence-electron chi connectivity index (χ4n) is 4.07. The molecule has 0 bridgehead atoms. The van der Waals surface area contributed by atoms with Crippen LogP contribution in [-0.4, -0.2) is 20.7 Å². The lowest BCUT2D eigenvalue weighted by Gasteiger charge is -2.21. The number of aryl methyl sites for hydroxylation is 1. The van der Waals surface area contributed by atoms with E-state index < -0.39 is 5.91 Å². The Kier molecular flexibility index (Phi) is 6.81. The molecular weight excluding hydrogens is 410 g/mol. The second-order valence-corrected chi connectivity index (χ2v) is 8.02. The van der Waals surface area contributed by atoms with E-state index in [-0.39, 0.29) is 6.04 Å². The number of rotatable bonds is 7. The number of hydrogen-bond donors (Lipinski definition) is 2. The summed E-state index contributed by atoms with van der Waals surface area (Å²) >= 11 is 0. The van der Waals surface area contributed by atoms with Crippen LogP contribution >= 0.6 is 0 Å². The van der Waals surface area contributed by atoms with Gasteiger partial charge in [0.15, 0.2) is 0 Å². The van der Waals surface area contributed by atoms with Crippen LogP contribution in [-0.2, 0) is 11.2 Å². The van der Waals surface area contributed by atoms with Crippen LogP contribution in [0.2, 0.25) is 0 Å². The molecule has 5 heteroatoms. The highest BCUT2D eigenvalue weighted by atomic mass is 16.5. The smallest absolute Gasteiger partial charge is 0.267 e. The predicted molar refractivity (Wildman–Crippen MR) is 131 cm³/mol. The van der Waals surface area contributed by atoms with Crippen LogP contribution in [0.15, 0.2) is 91.0 Å². The van der Waals surface area contributed by atoms with Crippen molar-refractivity contribution in [3.8, 4) is 11.4 Å². The monoisotopic (exact) mass is 437 g/mol. The fourth-order valence-corrected chi connectivity index (χ4v) is 4.07. The zero-order chi connectivity index (χ0) is 23.2. The van der Waals surface area contributed by atoms with Gasteiger partial charge in [0.2, 0.25) is 0 Å². The van der Waals surface area contributed by atoms with Gasteiger partial charge in [-0.25, -0.2) is 10.5 Å². The molecule has 2 N–H and O–H groups in total. The highest BCUT2D eigenvalue weighted by molar-refractivity contribution is 5.91. The first-order chi connectivity index (χ1) is 16.1. The zero-order valence-corrected chi connectivity index (χ0v) is 18.8. The van der Waals surface area contributed by atoms with Gasteiger partial charge >= 0.3 is 0 Å². The Morgan fingerprint density at radius 1 is 1.03 bits per heavy atom. The molecule has 4 rings (SSSR count). The van der Waals surface area contributed by atoms with Gasteiger partial charge in [0.05, 0.1) is 11.7 Å². The lowest BCUT2D eigenvalue weighted by Crippen LogP contribution is -2.14. The van der Waals surface area contributed by atoms with E-state index in [0.29, 0.717) is 0 Å². The molecule has 33 heavy (non-hydrogen) atoms. The summed E-state index contributed by atoms with van der Waals surface area (Å²) in [5.74, 6) is 0.317. The SMILES string of the molecule is Cc1nc(-c2cccc(/C=C/C(=O)NO)c2)n(C(C)c2ccccc2)c1Cc1ccccc1. The van der Waals surface area contributed by atoms with Crippen LogP contribution in [0.5, 0.6) is 0 Å². The van der Waals surface area contributed by atoms with Crippen molar-refractivity contribution in [2.75, 3.05) is 0 Å². The first-order valence-corrected chi connectivity index (χ1v) is 11.0. The van der Waals surface area contributed by atoms with E-state index in [1.807, 2.05) is 36.4 Å². The highest BCUT2D eigenvalue weighted by Crippen LogP contribution is 2.31. The number of nitrogens with one attached hydrogen (secondary N) is 1.